The van der Waals surface area contributed by atoms with E-state index in [0.717, 1.165) is 83.5 Å². The summed E-state index contributed by atoms with van der Waals surface area (Å²) in [5, 5.41) is 57.0. The number of carbonyl (C=O) groups excluding carboxylic acids is 2. The maximum absolute atomic E-state index is 13.4. The number of aliphatic hydroxyl groups excluding tert-OH is 5. The highest BCUT2D eigenvalue weighted by atomic mass is 16.7. The molecule has 0 aromatic carbocycles. The number of hydrogen-bond donors (Lipinski definition) is 6. The first-order chi connectivity index (χ1) is 37.2. The Morgan fingerprint density at radius 2 is 0.895 bits per heavy atom. The van der Waals surface area contributed by atoms with Crippen molar-refractivity contribution < 1.29 is 49.3 Å². The van der Waals surface area contributed by atoms with E-state index in [2.05, 4.69) is 50.4 Å². The van der Waals surface area contributed by atoms with E-state index in [-0.39, 0.29) is 13.0 Å². The summed E-state index contributed by atoms with van der Waals surface area (Å²) in [7, 11) is 0. The normalized spacial score (nSPS) is 19.3. The molecule has 0 spiro atoms. The number of aliphatic hydroxyl groups is 5. The van der Waals surface area contributed by atoms with Gasteiger partial charge in [0.1, 0.15) is 24.4 Å². The number of esters is 1. The summed E-state index contributed by atoms with van der Waals surface area (Å²) in [4.78, 5) is 26.5. The molecule has 11 nitrogen and oxygen atoms in total. The summed E-state index contributed by atoms with van der Waals surface area (Å²) in [6.45, 7) is 5.78. The molecule has 0 saturated carbocycles. The second-order valence-electron chi connectivity index (χ2n) is 22.5. The molecule has 1 heterocycles. The van der Waals surface area contributed by atoms with E-state index in [1.165, 1.54) is 173 Å². The van der Waals surface area contributed by atoms with Crippen molar-refractivity contribution in [2.45, 2.75) is 352 Å². The predicted octanol–water partition coefficient (Wildman–Crippen LogP) is 15.5. The zero-order chi connectivity index (χ0) is 55.4. The molecule has 76 heavy (non-hydrogen) atoms. The minimum Gasteiger partial charge on any atom is -0.454 e. The van der Waals surface area contributed by atoms with Gasteiger partial charge in [0.05, 0.1) is 25.4 Å². The van der Waals surface area contributed by atoms with E-state index in [1.54, 1.807) is 6.08 Å². The average Bonchev–Trinajstić information content (AvgIpc) is 3.42. The Balaban J connectivity index is 2.64. The van der Waals surface area contributed by atoms with Gasteiger partial charge in [0.2, 0.25) is 5.91 Å². The van der Waals surface area contributed by atoms with Crippen molar-refractivity contribution in [1.29, 1.82) is 0 Å². The van der Waals surface area contributed by atoms with Gasteiger partial charge in [0.15, 0.2) is 12.4 Å². The topological polar surface area (TPSA) is 175 Å². The lowest BCUT2D eigenvalue weighted by Crippen LogP contribution is -2.61. The summed E-state index contributed by atoms with van der Waals surface area (Å²) in [5.41, 5.74) is 0. The quantitative estimate of drug-likeness (QED) is 0.0149. The van der Waals surface area contributed by atoms with Gasteiger partial charge in [-0.05, 0) is 51.4 Å². The molecule has 446 valence electrons. The summed E-state index contributed by atoms with van der Waals surface area (Å²) in [6, 6.07) is -1.02. The van der Waals surface area contributed by atoms with Crippen molar-refractivity contribution in [2.24, 2.45) is 0 Å². The highest BCUT2D eigenvalue weighted by Gasteiger charge is 2.47. The standard InChI is InChI=1S/C65H121NO10/c1-4-7-10-13-16-19-22-25-27-28-29-30-31-33-34-37-40-43-46-49-52-58(69)64(73)66-56(57(68)51-48-45-42-39-36-24-21-18-15-12-9-6-3)55-74-65-63(62(72)61(71)59(54-67)75-65)76-60(70)53-50-47-44-41-38-35-32-26-23-20-17-14-11-8-5-2/h17,20,23,26,48,51,56-59,61-63,65,67-69,71-72H,4-16,18-19,21-22,24-25,27-47,49-50,52-55H2,1-3H3,(H,66,73)/b20-17+,26-23+,51-48+. The van der Waals surface area contributed by atoms with Gasteiger partial charge < -0.3 is 45.1 Å². The first-order valence-corrected chi connectivity index (χ1v) is 32.3. The molecule has 0 aromatic heterocycles. The Morgan fingerprint density at radius 3 is 1.34 bits per heavy atom. The van der Waals surface area contributed by atoms with Crippen LogP contribution in [0.3, 0.4) is 0 Å². The van der Waals surface area contributed by atoms with Crippen LogP contribution in [0.1, 0.15) is 303 Å². The molecule has 1 amide bonds. The van der Waals surface area contributed by atoms with Gasteiger partial charge >= 0.3 is 5.97 Å². The van der Waals surface area contributed by atoms with E-state index in [1.807, 2.05) is 6.08 Å². The van der Waals surface area contributed by atoms with Gasteiger partial charge in [-0.15, -0.1) is 0 Å². The van der Waals surface area contributed by atoms with Crippen molar-refractivity contribution in [3.63, 3.8) is 0 Å². The van der Waals surface area contributed by atoms with Crippen LogP contribution in [0.15, 0.2) is 36.5 Å². The number of allylic oxidation sites excluding steroid dienone is 5. The molecule has 0 bridgehead atoms. The first-order valence-electron chi connectivity index (χ1n) is 32.3. The zero-order valence-corrected chi connectivity index (χ0v) is 49.4. The molecule has 8 unspecified atom stereocenters. The van der Waals surface area contributed by atoms with E-state index < -0.39 is 67.4 Å². The number of ether oxygens (including phenoxy) is 3. The summed E-state index contributed by atoms with van der Waals surface area (Å²) < 4.78 is 17.6. The Labute approximate surface area is 466 Å². The average molecular weight is 1080 g/mol. The van der Waals surface area contributed by atoms with E-state index >= 15 is 0 Å². The van der Waals surface area contributed by atoms with Crippen LogP contribution in [0.5, 0.6) is 0 Å². The zero-order valence-electron chi connectivity index (χ0n) is 49.4. The van der Waals surface area contributed by atoms with Crippen LogP contribution in [0.25, 0.3) is 0 Å². The minimum atomic E-state index is -1.62. The van der Waals surface area contributed by atoms with Crippen LogP contribution in [-0.2, 0) is 23.8 Å². The van der Waals surface area contributed by atoms with Crippen molar-refractivity contribution >= 4 is 11.9 Å². The molecular formula is C65H121NO10. The second-order valence-corrected chi connectivity index (χ2v) is 22.5. The van der Waals surface area contributed by atoms with Gasteiger partial charge in [0, 0.05) is 6.42 Å². The smallest absolute Gasteiger partial charge is 0.306 e. The third-order valence-electron chi connectivity index (χ3n) is 15.3. The third kappa shape index (κ3) is 41.0. The number of nitrogens with one attached hydrogen (secondary N) is 1. The van der Waals surface area contributed by atoms with Crippen molar-refractivity contribution in [3.8, 4) is 0 Å². The molecule has 1 rings (SSSR count). The second kappa shape index (κ2) is 53.5. The molecule has 0 aromatic rings. The summed E-state index contributed by atoms with van der Waals surface area (Å²) in [5.74, 6) is -1.20. The van der Waals surface area contributed by atoms with Crippen LogP contribution in [0, 0.1) is 0 Å². The Hall–Kier alpha value is -2.12. The molecule has 1 saturated heterocycles. The van der Waals surface area contributed by atoms with Crippen LogP contribution < -0.4 is 5.32 Å². The SMILES string of the molecule is CCCCC/C=C/C=C/CCCCCCCCC(=O)OC1C(OCC(NC(=O)C(O)CCCCCCCCCCCCCCCCCCCCCC)C(O)/C=C/CCCCCCCCCCCC)OC(CO)C(O)C1O. The maximum atomic E-state index is 13.4. The number of carbonyl (C=O) groups is 2. The lowest BCUT2D eigenvalue weighted by atomic mass is 9.99. The lowest BCUT2D eigenvalue weighted by Gasteiger charge is -2.41. The van der Waals surface area contributed by atoms with Crippen molar-refractivity contribution in [1.82, 2.24) is 5.32 Å². The van der Waals surface area contributed by atoms with Crippen LogP contribution in [0.4, 0.5) is 0 Å². The van der Waals surface area contributed by atoms with E-state index in [9.17, 15) is 35.1 Å². The molecule has 0 aliphatic carbocycles. The molecule has 1 aliphatic rings. The molecule has 0 radical (unpaired) electrons. The van der Waals surface area contributed by atoms with Gasteiger partial charge in [0.25, 0.3) is 0 Å². The lowest BCUT2D eigenvalue weighted by molar-refractivity contribution is -0.305. The fourth-order valence-electron chi connectivity index (χ4n) is 10.2. The highest BCUT2D eigenvalue weighted by molar-refractivity contribution is 5.80. The van der Waals surface area contributed by atoms with Gasteiger partial charge in [-0.25, -0.2) is 0 Å². The minimum absolute atomic E-state index is 0.113. The molecule has 11 heteroatoms. The third-order valence-corrected chi connectivity index (χ3v) is 15.3. The Morgan fingerprint density at radius 1 is 0.513 bits per heavy atom. The monoisotopic (exact) mass is 1080 g/mol. The Bertz CT molecular complexity index is 1380. The Kier molecular flexibility index (Phi) is 50.6. The largest absolute Gasteiger partial charge is 0.454 e. The number of unbranched alkanes of at least 4 members (excludes halogenated alkanes) is 38. The number of hydrogen-bond acceptors (Lipinski definition) is 10. The van der Waals surface area contributed by atoms with Crippen molar-refractivity contribution in [3.05, 3.63) is 36.5 Å². The first kappa shape index (κ1) is 71.9. The molecule has 1 aliphatic heterocycles. The van der Waals surface area contributed by atoms with Crippen LogP contribution in [0.2, 0.25) is 0 Å². The fourth-order valence-corrected chi connectivity index (χ4v) is 10.2. The molecular weight excluding hydrogens is 955 g/mol. The van der Waals surface area contributed by atoms with Gasteiger partial charge in [-0.3, -0.25) is 9.59 Å². The van der Waals surface area contributed by atoms with Gasteiger partial charge in [-0.1, -0.05) is 282 Å². The molecule has 6 N–H and O–H groups in total. The molecule has 1 fully saturated rings. The number of amides is 1. The predicted molar refractivity (Wildman–Crippen MR) is 315 cm³/mol. The van der Waals surface area contributed by atoms with Gasteiger partial charge in [-0.2, -0.15) is 0 Å². The van der Waals surface area contributed by atoms with E-state index in [4.69, 9.17) is 14.2 Å². The molecule has 8 atom stereocenters. The maximum Gasteiger partial charge on any atom is 0.306 e. The highest BCUT2D eigenvalue weighted by Crippen LogP contribution is 2.26. The fraction of sp³-hybridized carbons (Fsp3) is 0.877. The summed E-state index contributed by atoms with van der Waals surface area (Å²) >= 11 is 0. The number of rotatable bonds is 55. The summed E-state index contributed by atoms with van der Waals surface area (Å²) in [6.07, 6.45) is 53.3. The van der Waals surface area contributed by atoms with E-state index in [0.29, 0.717) is 19.3 Å². The van der Waals surface area contributed by atoms with Crippen molar-refractivity contribution in [2.75, 3.05) is 13.2 Å². The van der Waals surface area contributed by atoms with Crippen LogP contribution in [-0.4, -0.2) is 99.6 Å². The van der Waals surface area contributed by atoms with Crippen LogP contribution >= 0.6 is 0 Å².